The van der Waals surface area contributed by atoms with E-state index in [0.717, 1.165) is 12.2 Å². The molecule has 0 aliphatic carbocycles. The van der Waals surface area contributed by atoms with Gasteiger partial charge < -0.3 is 14.8 Å². The van der Waals surface area contributed by atoms with E-state index in [9.17, 15) is 4.79 Å². The Bertz CT molecular complexity index is 346. The zero-order valence-corrected chi connectivity index (χ0v) is 10.4. The molecule has 90 valence electrons. The fraction of sp³-hybridized carbons (Fsp3) is 0.636. The molecule has 5 nitrogen and oxygen atoms in total. The highest BCUT2D eigenvalue weighted by molar-refractivity contribution is 5.80. The average Bonchev–Trinajstić information content (AvgIpc) is 2.71. The molecule has 0 fully saturated rings. The van der Waals surface area contributed by atoms with Crippen LogP contribution in [0.3, 0.4) is 0 Å². The summed E-state index contributed by atoms with van der Waals surface area (Å²) in [6.07, 6.45) is 3.62. The Hall–Kier alpha value is -1.36. The monoisotopic (exact) mass is 224 g/mol. The van der Waals surface area contributed by atoms with Gasteiger partial charge in [-0.1, -0.05) is 0 Å². The zero-order valence-electron chi connectivity index (χ0n) is 10.4. The molecule has 1 amide bonds. The smallest absolute Gasteiger partial charge is 0.238 e. The Kier molecular flexibility index (Phi) is 4.49. The Morgan fingerprint density at radius 1 is 1.62 bits per heavy atom. The second-order valence-electron chi connectivity index (χ2n) is 4.01. The fourth-order valence-electron chi connectivity index (χ4n) is 1.51. The van der Waals surface area contributed by atoms with Crippen molar-refractivity contribution in [2.45, 2.75) is 33.0 Å². The lowest BCUT2D eigenvalue weighted by Crippen LogP contribution is -2.41. The normalized spacial score (nSPS) is 12.5. The number of aryl methyl sites for hydroxylation is 1. The SMILES string of the molecule is CCn1cncc1CNC(C)C(=O)N(C)C. The summed E-state index contributed by atoms with van der Waals surface area (Å²) in [4.78, 5) is 17.3. The summed E-state index contributed by atoms with van der Waals surface area (Å²) >= 11 is 0. The van der Waals surface area contributed by atoms with Gasteiger partial charge >= 0.3 is 0 Å². The van der Waals surface area contributed by atoms with E-state index in [4.69, 9.17) is 0 Å². The maximum absolute atomic E-state index is 11.6. The maximum atomic E-state index is 11.6. The van der Waals surface area contributed by atoms with Crippen LogP contribution in [-0.4, -0.2) is 40.5 Å². The van der Waals surface area contributed by atoms with Crippen molar-refractivity contribution in [3.05, 3.63) is 18.2 Å². The van der Waals surface area contributed by atoms with Crippen molar-refractivity contribution in [3.8, 4) is 0 Å². The van der Waals surface area contributed by atoms with Gasteiger partial charge in [-0.2, -0.15) is 0 Å². The standard InChI is InChI=1S/C11H20N4O/c1-5-15-8-12-6-10(15)7-13-9(2)11(16)14(3)4/h6,8-9,13H,5,7H2,1-4H3. The molecular weight excluding hydrogens is 204 g/mol. The number of imidazole rings is 1. The molecule has 5 heteroatoms. The number of rotatable bonds is 5. The van der Waals surface area contributed by atoms with Crippen LogP contribution in [0.1, 0.15) is 19.5 Å². The van der Waals surface area contributed by atoms with Gasteiger partial charge in [0.25, 0.3) is 0 Å². The van der Waals surface area contributed by atoms with Gasteiger partial charge in [0.15, 0.2) is 0 Å². The Morgan fingerprint density at radius 2 is 2.31 bits per heavy atom. The van der Waals surface area contributed by atoms with Crippen LogP contribution < -0.4 is 5.32 Å². The van der Waals surface area contributed by atoms with Crippen LogP contribution in [0.5, 0.6) is 0 Å². The minimum Gasteiger partial charge on any atom is -0.347 e. The third-order valence-electron chi connectivity index (χ3n) is 2.54. The fourth-order valence-corrected chi connectivity index (χ4v) is 1.51. The van der Waals surface area contributed by atoms with Crippen molar-refractivity contribution in [2.75, 3.05) is 14.1 Å². The molecule has 1 unspecified atom stereocenters. The second-order valence-corrected chi connectivity index (χ2v) is 4.01. The number of nitrogens with one attached hydrogen (secondary N) is 1. The van der Waals surface area contributed by atoms with E-state index in [1.165, 1.54) is 0 Å². The van der Waals surface area contributed by atoms with Gasteiger partial charge in [0.05, 0.1) is 18.1 Å². The number of carbonyl (C=O) groups is 1. The predicted octanol–water partition coefficient (Wildman–Crippen LogP) is 0.469. The predicted molar refractivity (Wildman–Crippen MR) is 62.9 cm³/mol. The molecule has 0 radical (unpaired) electrons. The van der Waals surface area contributed by atoms with E-state index < -0.39 is 0 Å². The first-order valence-corrected chi connectivity index (χ1v) is 5.49. The van der Waals surface area contributed by atoms with Crippen molar-refractivity contribution >= 4 is 5.91 Å². The highest BCUT2D eigenvalue weighted by atomic mass is 16.2. The molecule has 0 aromatic carbocycles. The van der Waals surface area contributed by atoms with Crippen LogP contribution in [0.15, 0.2) is 12.5 Å². The molecule has 1 heterocycles. The largest absolute Gasteiger partial charge is 0.347 e. The minimum absolute atomic E-state index is 0.0857. The maximum Gasteiger partial charge on any atom is 0.238 e. The molecule has 1 rings (SSSR count). The third kappa shape index (κ3) is 3.06. The number of aromatic nitrogens is 2. The van der Waals surface area contributed by atoms with E-state index in [1.54, 1.807) is 25.3 Å². The molecule has 1 aromatic rings. The molecule has 0 aliphatic rings. The summed E-state index contributed by atoms with van der Waals surface area (Å²) < 4.78 is 2.06. The quantitative estimate of drug-likeness (QED) is 0.791. The first-order valence-electron chi connectivity index (χ1n) is 5.49. The number of likely N-dealkylation sites (N-methyl/N-ethyl adjacent to an activating group) is 1. The lowest BCUT2D eigenvalue weighted by molar-refractivity contribution is -0.130. The lowest BCUT2D eigenvalue weighted by Gasteiger charge is -2.18. The average molecular weight is 224 g/mol. The van der Waals surface area contributed by atoms with Crippen LogP contribution >= 0.6 is 0 Å². The molecule has 1 N–H and O–H groups in total. The zero-order chi connectivity index (χ0) is 12.1. The lowest BCUT2D eigenvalue weighted by atomic mass is 10.3. The van der Waals surface area contributed by atoms with Crippen LogP contribution in [0.4, 0.5) is 0 Å². The number of hydrogen-bond acceptors (Lipinski definition) is 3. The van der Waals surface area contributed by atoms with Crippen molar-refractivity contribution < 1.29 is 4.79 Å². The number of hydrogen-bond donors (Lipinski definition) is 1. The van der Waals surface area contributed by atoms with Crippen molar-refractivity contribution in [1.82, 2.24) is 19.8 Å². The van der Waals surface area contributed by atoms with Crippen LogP contribution in [0.2, 0.25) is 0 Å². The van der Waals surface area contributed by atoms with Crippen LogP contribution in [-0.2, 0) is 17.9 Å². The number of amides is 1. The highest BCUT2D eigenvalue weighted by Crippen LogP contribution is 1.99. The van der Waals surface area contributed by atoms with Gasteiger partial charge in [-0.25, -0.2) is 4.98 Å². The van der Waals surface area contributed by atoms with E-state index in [0.29, 0.717) is 6.54 Å². The Morgan fingerprint density at radius 3 is 2.88 bits per heavy atom. The van der Waals surface area contributed by atoms with Crippen LogP contribution in [0, 0.1) is 0 Å². The molecule has 0 saturated heterocycles. The molecule has 1 atom stereocenters. The van der Waals surface area contributed by atoms with Gasteiger partial charge in [-0.05, 0) is 13.8 Å². The minimum atomic E-state index is -0.171. The molecule has 16 heavy (non-hydrogen) atoms. The van der Waals surface area contributed by atoms with Crippen LogP contribution in [0.25, 0.3) is 0 Å². The summed E-state index contributed by atoms with van der Waals surface area (Å²) in [7, 11) is 3.52. The molecular formula is C11H20N4O. The van der Waals surface area contributed by atoms with Gasteiger partial charge in [0, 0.05) is 33.4 Å². The third-order valence-corrected chi connectivity index (χ3v) is 2.54. The molecule has 0 spiro atoms. The summed E-state index contributed by atoms with van der Waals surface area (Å²) in [5.74, 6) is 0.0857. The van der Waals surface area contributed by atoms with Crippen molar-refractivity contribution in [1.29, 1.82) is 0 Å². The Labute approximate surface area is 96.5 Å². The summed E-state index contributed by atoms with van der Waals surface area (Å²) in [6, 6.07) is -0.171. The summed E-state index contributed by atoms with van der Waals surface area (Å²) in [5.41, 5.74) is 1.10. The van der Waals surface area contributed by atoms with Gasteiger partial charge in [0.2, 0.25) is 5.91 Å². The summed E-state index contributed by atoms with van der Waals surface area (Å²) in [6.45, 7) is 5.50. The van der Waals surface area contributed by atoms with Gasteiger partial charge in [-0.15, -0.1) is 0 Å². The molecule has 0 aliphatic heterocycles. The van der Waals surface area contributed by atoms with E-state index in [-0.39, 0.29) is 11.9 Å². The summed E-state index contributed by atoms with van der Waals surface area (Å²) in [5, 5.41) is 3.19. The topological polar surface area (TPSA) is 50.2 Å². The van der Waals surface area contributed by atoms with E-state index in [2.05, 4.69) is 21.8 Å². The first-order chi connectivity index (χ1) is 7.56. The first kappa shape index (κ1) is 12.7. The second kappa shape index (κ2) is 5.65. The van der Waals surface area contributed by atoms with Crippen molar-refractivity contribution in [2.24, 2.45) is 0 Å². The van der Waals surface area contributed by atoms with Crippen molar-refractivity contribution in [3.63, 3.8) is 0 Å². The van der Waals surface area contributed by atoms with E-state index >= 15 is 0 Å². The van der Waals surface area contributed by atoms with Gasteiger partial charge in [0.1, 0.15) is 0 Å². The molecule has 0 bridgehead atoms. The van der Waals surface area contributed by atoms with E-state index in [1.807, 2.05) is 13.1 Å². The number of carbonyl (C=O) groups excluding carboxylic acids is 1. The number of nitrogens with zero attached hydrogens (tertiary/aromatic N) is 3. The Balaban J connectivity index is 2.49. The van der Waals surface area contributed by atoms with Gasteiger partial charge in [-0.3, -0.25) is 4.79 Å². The molecule has 1 aromatic heterocycles. The highest BCUT2D eigenvalue weighted by Gasteiger charge is 2.14. The molecule has 0 saturated carbocycles.